The van der Waals surface area contributed by atoms with Crippen molar-refractivity contribution in [2.24, 2.45) is 0 Å². The van der Waals surface area contributed by atoms with Crippen molar-refractivity contribution >= 4 is 21.5 Å². The average Bonchev–Trinajstić information content (AvgIpc) is 2.75. The molecule has 0 saturated heterocycles. The summed E-state index contributed by atoms with van der Waals surface area (Å²) >= 11 is 1.51. The van der Waals surface area contributed by atoms with Crippen LogP contribution < -0.4 is 9.47 Å². The van der Waals surface area contributed by atoms with E-state index in [0.29, 0.717) is 31.1 Å². The largest absolute Gasteiger partial charge is 0.486 e. The van der Waals surface area contributed by atoms with E-state index in [1.807, 2.05) is 10.8 Å². The van der Waals surface area contributed by atoms with E-state index in [9.17, 15) is 8.42 Å². The highest BCUT2D eigenvalue weighted by Gasteiger charge is 2.23. The van der Waals surface area contributed by atoms with E-state index in [4.69, 9.17) is 18.8 Å². The molecule has 114 valence electrons. The van der Waals surface area contributed by atoms with Crippen LogP contribution in [0.25, 0.3) is 0 Å². The van der Waals surface area contributed by atoms with Gasteiger partial charge in [0.15, 0.2) is 11.5 Å². The van der Waals surface area contributed by atoms with Gasteiger partial charge in [0.05, 0.1) is 5.25 Å². The lowest BCUT2D eigenvalue weighted by molar-refractivity contribution is 0.00130. The van der Waals surface area contributed by atoms with Crippen molar-refractivity contribution in [1.82, 2.24) is 0 Å². The maximum absolute atomic E-state index is 11.1. The number of hydrogen-bond acceptors (Lipinski definition) is 6. The second-order valence-corrected chi connectivity index (χ2v) is 6.99. The second-order valence-electron chi connectivity index (χ2n) is 4.55. The summed E-state index contributed by atoms with van der Waals surface area (Å²) in [4.78, 5) is 0. The van der Waals surface area contributed by atoms with Gasteiger partial charge >= 0.3 is 0 Å². The third-order valence-electron chi connectivity index (χ3n) is 3.11. The Morgan fingerprint density at radius 1 is 1.40 bits per heavy atom. The minimum absolute atomic E-state index is 0.239. The van der Waals surface area contributed by atoms with E-state index in [2.05, 4.69) is 0 Å². The van der Waals surface area contributed by atoms with Crippen LogP contribution in [0.4, 0.5) is 0 Å². The maximum atomic E-state index is 11.1. The molecule has 2 heterocycles. The molecule has 8 heteroatoms. The molecular formula is C12H18O6S2. The van der Waals surface area contributed by atoms with Gasteiger partial charge in [0.25, 0.3) is 10.1 Å². The van der Waals surface area contributed by atoms with Crippen molar-refractivity contribution in [2.45, 2.75) is 31.1 Å². The molecular weight excluding hydrogens is 304 g/mol. The molecule has 1 aromatic heterocycles. The molecule has 0 fully saturated rings. The standard InChI is InChI=1S/C12H18O6S2/c1-2-10(20(13,14)15)3-4-16-9-5-17-11-7-19-8-12(11)18-6-9/h7-10H,2-6H2,1H3,(H,13,14,15). The van der Waals surface area contributed by atoms with Crippen LogP contribution in [0.2, 0.25) is 0 Å². The van der Waals surface area contributed by atoms with Gasteiger partial charge in [-0.05, 0) is 12.8 Å². The second kappa shape index (κ2) is 6.75. The van der Waals surface area contributed by atoms with Crippen molar-refractivity contribution < 1.29 is 27.2 Å². The molecule has 1 aliphatic rings. The molecule has 20 heavy (non-hydrogen) atoms. The Morgan fingerprint density at radius 2 is 2.00 bits per heavy atom. The quantitative estimate of drug-likeness (QED) is 0.806. The third kappa shape index (κ3) is 4.08. The maximum Gasteiger partial charge on any atom is 0.267 e. The average molecular weight is 322 g/mol. The molecule has 1 N–H and O–H groups in total. The molecule has 1 aromatic rings. The summed E-state index contributed by atoms with van der Waals surface area (Å²) in [7, 11) is -4.00. The molecule has 0 radical (unpaired) electrons. The molecule has 1 atom stereocenters. The highest BCUT2D eigenvalue weighted by molar-refractivity contribution is 7.86. The molecule has 0 saturated carbocycles. The number of ether oxygens (including phenoxy) is 3. The summed E-state index contributed by atoms with van der Waals surface area (Å²) < 4.78 is 47.8. The molecule has 0 aromatic carbocycles. The first kappa shape index (κ1) is 15.6. The predicted octanol–water partition coefficient (Wildman–Crippen LogP) is 1.96. The molecule has 0 spiro atoms. The molecule has 6 nitrogen and oxygen atoms in total. The Bertz CT molecular complexity index is 501. The minimum atomic E-state index is -4.00. The van der Waals surface area contributed by atoms with Crippen molar-refractivity contribution in [3.05, 3.63) is 10.8 Å². The fourth-order valence-corrected chi connectivity index (χ4v) is 3.42. The Morgan fingerprint density at radius 3 is 2.50 bits per heavy atom. The van der Waals surface area contributed by atoms with Gasteiger partial charge < -0.3 is 14.2 Å². The van der Waals surface area contributed by atoms with E-state index in [-0.39, 0.29) is 19.1 Å². The minimum Gasteiger partial charge on any atom is -0.486 e. The lowest BCUT2D eigenvalue weighted by Crippen LogP contribution is -2.29. The molecule has 0 bridgehead atoms. The van der Waals surface area contributed by atoms with Gasteiger partial charge in [-0.15, -0.1) is 11.3 Å². The van der Waals surface area contributed by atoms with Crippen molar-refractivity contribution in [1.29, 1.82) is 0 Å². The fraction of sp³-hybridized carbons (Fsp3) is 0.667. The first-order valence-electron chi connectivity index (χ1n) is 6.40. The van der Waals surface area contributed by atoms with E-state index < -0.39 is 15.4 Å². The van der Waals surface area contributed by atoms with Gasteiger partial charge in [-0.3, -0.25) is 4.55 Å². The van der Waals surface area contributed by atoms with Crippen molar-refractivity contribution in [3.63, 3.8) is 0 Å². The Hall–Kier alpha value is -0.830. The van der Waals surface area contributed by atoms with Crippen LogP contribution in [-0.4, -0.2) is 44.1 Å². The monoisotopic (exact) mass is 322 g/mol. The molecule has 2 rings (SSSR count). The van der Waals surface area contributed by atoms with E-state index in [1.165, 1.54) is 11.3 Å². The topological polar surface area (TPSA) is 82.1 Å². The summed E-state index contributed by atoms with van der Waals surface area (Å²) in [5.41, 5.74) is 0. The van der Waals surface area contributed by atoms with E-state index >= 15 is 0 Å². The summed E-state index contributed by atoms with van der Waals surface area (Å²) in [6.45, 7) is 2.69. The number of hydrogen-bond donors (Lipinski definition) is 1. The zero-order chi connectivity index (χ0) is 14.6. The van der Waals surface area contributed by atoms with Crippen LogP contribution in [0, 0.1) is 0 Å². The van der Waals surface area contributed by atoms with Crippen molar-refractivity contribution in [2.75, 3.05) is 19.8 Å². The SMILES string of the molecule is CCC(CCOC1COc2cscc2OC1)S(=O)(=O)O. The van der Waals surface area contributed by atoms with Crippen LogP contribution in [0.15, 0.2) is 10.8 Å². The van der Waals surface area contributed by atoms with E-state index in [0.717, 1.165) is 0 Å². The first-order valence-corrected chi connectivity index (χ1v) is 8.85. The first-order chi connectivity index (χ1) is 9.50. The Balaban J connectivity index is 1.77. The zero-order valence-corrected chi connectivity index (χ0v) is 12.8. The van der Waals surface area contributed by atoms with Gasteiger partial charge in [0, 0.05) is 17.4 Å². The zero-order valence-electron chi connectivity index (χ0n) is 11.1. The number of thiophene rings is 1. The van der Waals surface area contributed by atoms with Gasteiger partial charge in [-0.2, -0.15) is 8.42 Å². The van der Waals surface area contributed by atoms with Crippen LogP contribution in [0.5, 0.6) is 11.5 Å². The number of fused-ring (bicyclic) bond motifs is 1. The smallest absolute Gasteiger partial charge is 0.267 e. The number of rotatable bonds is 6. The van der Waals surface area contributed by atoms with E-state index in [1.54, 1.807) is 6.92 Å². The third-order valence-corrected chi connectivity index (χ3v) is 5.22. The molecule has 0 aliphatic carbocycles. The van der Waals surface area contributed by atoms with Crippen LogP contribution in [-0.2, 0) is 14.9 Å². The fourth-order valence-electron chi connectivity index (χ4n) is 1.92. The molecule has 1 aliphatic heterocycles. The lowest BCUT2D eigenvalue weighted by Gasteiger charge is -2.17. The lowest BCUT2D eigenvalue weighted by atomic mass is 10.2. The Labute approximate surface area is 122 Å². The highest BCUT2D eigenvalue weighted by Crippen LogP contribution is 2.33. The van der Waals surface area contributed by atoms with Gasteiger partial charge in [0.2, 0.25) is 0 Å². The van der Waals surface area contributed by atoms with Crippen molar-refractivity contribution in [3.8, 4) is 11.5 Å². The molecule has 1 unspecified atom stereocenters. The van der Waals surface area contributed by atoms with Crippen LogP contribution in [0.1, 0.15) is 19.8 Å². The highest BCUT2D eigenvalue weighted by atomic mass is 32.2. The van der Waals surface area contributed by atoms with Crippen LogP contribution >= 0.6 is 11.3 Å². The van der Waals surface area contributed by atoms with Gasteiger partial charge in [0.1, 0.15) is 19.3 Å². The summed E-state index contributed by atoms with van der Waals surface area (Å²) in [6, 6.07) is 0. The summed E-state index contributed by atoms with van der Waals surface area (Å²) in [6.07, 6.45) is 0.371. The Kier molecular flexibility index (Phi) is 5.25. The summed E-state index contributed by atoms with van der Waals surface area (Å²) in [5, 5.41) is 2.95. The van der Waals surface area contributed by atoms with Crippen LogP contribution in [0.3, 0.4) is 0 Å². The summed E-state index contributed by atoms with van der Waals surface area (Å²) in [5.74, 6) is 1.43. The molecule has 0 amide bonds. The van der Waals surface area contributed by atoms with Gasteiger partial charge in [-0.25, -0.2) is 0 Å². The normalized spacial score (nSPS) is 17.7. The van der Waals surface area contributed by atoms with Gasteiger partial charge in [-0.1, -0.05) is 6.92 Å². The predicted molar refractivity (Wildman–Crippen MR) is 75.3 cm³/mol.